The van der Waals surface area contributed by atoms with Gasteiger partial charge < -0.3 is 5.32 Å². The lowest BCUT2D eigenvalue weighted by Gasteiger charge is -2.06. The van der Waals surface area contributed by atoms with Crippen LogP contribution in [0.1, 0.15) is 15.9 Å². The molecule has 0 aliphatic rings. The van der Waals surface area contributed by atoms with E-state index in [1.54, 1.807) is 18.2 Å². The van der Waals surface area contributed by atoms with Crippen LogP contribution < -0.4 is 5.32 Å². The highest BCUT2D eigenvalue weighted by molar-refractivity contribution is 5.93. The Kier molecular flexibility index (Phi) is 4.20. The lowest BCUT2D eigenvalue weighted by Crippen LogP contribution is -2.15. The van der Waals surface area contributed by atoms with Gasteiger partial charge in [0.15, 0.2) is 11.6 Å². The Morgan fingerprint density at radius 3 is 2.65 bits per heavy atom. The zero-order valence-corrected chi connectivity index (χ0v) is 10.4. The van der Waals surface area contributed by atoms with Crippen molar-refractivity contribution >= 4 is 17.9 Å². The molecule has 0 aromatic heterocycles. The van der Waals surface area contributed by atoms with Crippen LogP contribution in [0.15, 0.2) is 42.5 Å². The first kappa shape index (κ1) is 13.9. The third-order valence-corrected chi connectivity index (χ3v) is 2.69. The number of benzene rings is 2. The average molecular weight is 275 g/mol. The van der Waals surface area contributed by atoms with E-state index >= 15 is 0 Å². The minimum atomic E-state index is -1.02. The number of nitrogens with one attached hydrogen (secondary N) is 1. The smallest absolute Gasteiger partial charge is 0.228 e. The predicted molar refractivity (Wildman–Crippen MR) is 70.5 cm³/mol. The molecule has 2 aromatic carbocycles. The summed E-state index contributed by atoms with van der Waals surface area (Å²) in [7, 11) is 0. The van der Waals surface area contributed by atoms with Crippen LogP contribution in [0.5, 0.6) is 0 Å². The Morgan fingerprint density at radius 1 is 1.15 bits per heavy atom. The maximum Gasteiger partial charge on any atom is 0.228 e. The molecule has 0 aliphatic heterocycles. The Hall–Kier alpha value is -2.56. The summed E-state index contributed by atoms with van der Waals surface area (Å²) in [6.45, 7) is 0. The number of hydrogen-bond donors (Lipinski definition) is 1. The van der Waals surface area contributed by atoms with Gasteiger partial charge in [-0.25, -0.2) is 8.78 Å². The zero-order valence-electron chi connectivity index (χ0n) is 10.4. The topological polar surface area (TPSA) is 46.2 Å². The average Bonchev–Trinajstić information content (AvgIpc) is 2.44. The molecule has 0 fully saturated rings. The van der Waals surface area contributed by atoms with Crippen molar-refractivity contribution in [2.75, 3.05) is 5.32 Å². The van der Waals surface area contributed by atoms with E-state index in [9.17, 15) is 18.4 Å². The second-order valence-electron chi connectivity index (χ2n) is 4.18. The predicted octanol–water partition coefficient (Wildman–Crippen LogP) is 2.96. The van der Waals surface area contributed by atoms with Gasteiger partial charge in [-0.2, -0.15) is 0 Å². The molecule has 102 valence electrons. The molecule has 20 heavy (non-hydrogen) atoms. The van der Waals surface area contributed by atoms with Crippen molar-refractivity contribution in [3.05, 3.63) is 65.2 Å². The van der Waals surface area contributed by atoms with Crippen LogP contribution in [0.25, 0.3) is 0 Å². The number of amides is 1. The van der Waals surface area contributed by atoms with Crippen LogP contribution in [-0.2, 0) is 11.2 Å². The minimum Gasteiger partial charge on any atom is -0.326 e. The summed E-state index contributed by atoms with van der Waals surface area (Å²) < 4.78 is 26.4. The molecule has 0 spiro atoms. The van der Waals surface area contributed by atoms with Gasteiger partial charge >= 0.3 is 0 Å². The number of anilines is 1. The molecule has 0 bridgehead atoms. The third-order valence-electron chi connectivity index (χ3n) is 2.69. The van der Waals surface area contributed by atoms with Crippen molar-refractivity contribution in [3.8, 4) is 0 Å². The van der Waals surface area contributed by atoms with Crippen LogP contribution in [0.4, 0.5) is 14.5 Å². The second-order valence-corrected chi connectivity index (χ2v) is 4.18. The molecule has 5 heteroatoms. The van der Waals surface area contributed by atoms with Crippen molar-refractivity contribution in [2.45, 2.75) is 6.42 Å². The van der Waals surface area contributed by atoms with Crippen LogP contribution >= 0.6 is 0 Å². The molecular weight excluding hydrogens is 264 g/mol. The lowest BCUT2D eigenvalue weighted by molar-refractivity contribution is -0.115. The Balaban J connectivity index is 2.09. The van der Waals surface area contributed by atoms with Gasteiger partial charge in [-0.05, 0) is 18.2 Å². The molecule has 1 amide bonds. The molecule has 0 saturated heterocycles. The first-order chi connectivity index (χ1) is 9.60. The highest BCUT2D eigenvalue weighted by Crippen LogP contribution is 2.14. The molecule has 0 atom stereocenters. The molecule has 0 radical (unpaired) electrons. The molecule has 0 unspecified atom stereocenters. The quantitative estimate of drug-likeness (QED) is 0.872. The second kappa shape index (κ2) is 6.06. The minimum absolute atomic E-state index is 0.0194. The molecule has 0 saturated carbocycles. The maximum absolute atomic E-state index is 13.4. The van der Waals surface area contributed by atoms with Crippen molar-refractivity contribution in [3.63, 3.8) is 0 Å². The van der Waals surface area contributed by atoms with Gasteiger partial charge in [0.05, 0.1) is 6.42 Å². The highest BCUT2D eigenvalue weighted by atomic mass is 19.2. The van der Waals surface area contributed by atoms with Crippen molar-refractivity contribution < 1.29 is 18.4 Å². The van der Waals surface area contributed by atoms with E-state index in [-0.39, 0.29) is 12.0 Å². The molecule has 3 nitrogen and oxygen atoms in total. The fourth-order valence-corrected chi connectivity index (χ4v) is 1.75. The maximum atomic E-state index is 13.4. The normalized spacial score (nSPS) is 10.1. The number of hydrogen-bond acceptors (Lipinski definition) is 2. The number of halogens is 2. The van der Waals surface area contributed by atoms with Crippen LogP contribution in [0, 0.1) is 11.6 Å². The number of carbonyl (C=O) groups is 2. The Labute approximate surface area is 114 Å². The molecule has 2 rings (SSSR count). The van der Waals surface area contributed by atoms with Crippen LogP contribution in [0.2, 0.25) is 0 Å². The van der Waals surface area contributed by atoms with Gasteiger partial charge in [0.2, 0.25) is 5.91 Å². The van der Waals surface area contributed by atoms with E-state index in [1.807, 2.05) is 0 Å². The number of aldehydes is 1. The fraction of sp³-hybridized carbons (Fsp3) is 0.0667. The van der Waals surface area contributed by atoms with E-state index in [2.05, 4.69) is 5.32 Å². The van der Waals surface area contributed by atoms with Gasteiger partial charge in [0.25, 0.3) is 0 Å². The first-order valence-electron chi connectivity index (χ1n) is 5.88. The Morgan fingerprint density at radius 2 is 1.90 bits per heavy atom. The number of rotatable bonds is 4. The van der Waals surface area contributed by atoms with Crippen molar-refractivity contribution in [1.82, 2.24) is 0 Å². The van der Waals surface area contributed by atoms with Crippen molar-refractivity contribution in [2.24, 2.45) is 0 Å². The SMILES string of the molecule is O=Cc1cccc(NC(=O)Cc2cccc(F)c2F)c1. The van der Waals surface area contributed by atoms with Crippen LogP contribution in [0.3, 0.4) is 0 Å². The van der Waals surface area contributed by atoms with E-state index in [1.165, 1.54) is 18.2 Å². The van der Waals surface area contributed by atoms with E-state index in [4.69, 9.17) is 0 Å². The monoisotopic (exact) mass is 275 g/mol. The zero-order chi connectivity index (χ0) is 14.5. The summed E-state index contributed by atoms with van der Waals surface area (Å²) in [5.74, 6) is -2.50. The Bertz CT molecular complexity index is 656. The van der Waals surface area contributed by atoms with Gasteiger partial charge in [0.1, 0.15) is 6.29 Å². The molecule has 0 heterocycles. The van der Waals surface area contributed by atoms with E-state index < -0.39 is 17.5 Å². The highest BCUT2D eigenvalue weighted by Gasteiger charge is 2.11. The molecular formula is C15H11F2NO2. The van der Waals surface area contributed by atoms with Gasteiger partial charge in [-0.3, -0.25) is 9.59 Å². The van der Waals surface area contributed by atoms with E-state index in [0.29, 0.717) is 17.5 Å². The number of carbonyl (C=O) groups excluding carboxylic acids is 2. The van der Waals surface area contributed by atoms with Gasteiger partial charge in [0, 0.05) is 16.8 Å². The largest absolute Gasteiger partial charge is 0.326 e. The lowest BCUT2D eigenvalue weighted by atomic mass is 10.1. The molecule has 0 aliphatic carbocycles. The third kappa shape index (κ3) is 3.26. The fourth-order valence-electron chi connectivity index (χ4n) is 1.75. The van der Waals surface area contributed by atoms with Gasteiger partial charge in [-0.1, -0.05) is 24.3 Å². The summed E-state index contributed by atoms with van der Waals surface area (Å²) >= 11 is 0. The summed E-state index contributed by atoms with van der Waals surface area (Å²) in [6.07, 6.45) is 0.372. The first-order valence-corrected chi connectivity index (χ1v) is 5.88. The van der Waals surface area contributed by atoms with Crippen molar-refractivity contribution in [1.29, 1.82) is 0 Å². The molecule has 1 N–H and O–H groups in total. The summed E-state index contributed by atoms with van der Waals surface area (Å²) in [5, 5.41) is 2.52. The van der Waals surface area contributed by atoms with Crippen LogP contribution in [-0.4, -0.2) is 12.2 Å². The molecule has 2 aromatic rings. The summed E-state index contributed by atoms with van der Waals surface area (Å²) in [4.78, 5) is 22.4. The summed E-state index contributed by atoms with van der Waals surface area (Å²) in [5.41, 5.74) is 0.824. The van der Waals surface area contributed by atoms with E-state index in [0.717, 1.165) is 6.07 Å². The van der Waals surface area contributed by atoms with Gasteiger partial charge in [-0.15, -0.1) is 0 Å². The standard InChI is InChI=1S/C15H11F2NO2/c16-13-6-2-4-11(15(13)17)8-14(20)18-12-5-1-3-10(7-12)9-19/h1-7,9H,8H2,(H,18,20). The summed E-state index contributed by atoms with van der Waals surface area (Å²) in [6, 6.07) is 9.98.